The van der Waals surface area contributed by atoms with Crippen molar-refractivity contribution in [1.82, 2.24) is 0 Å². The van der Waals surface area contributed by atoms with Crippen LogP contribution < -0.4 is 5.32 Å². The summed E-state index contributed by atoms with van der Waals surface area (Å²) in [5.41, 5.74) is -0.0357. The molecule has 0 atom stereocenters. The largest absolute Gasteiger partial charge is 0.508 e. The maximum absolute atomic E-state index is 12.1. The van der Waals surface area contributed by atoms with E-state index in [2.05, 4.69) is 5.32 Å². The van der Waals surface area contributed by atoms with Crippen LogP contribution in [0.4, 0.5) is 5.69 Å². The summed E-state index contributed by atoms with van der Waals surface area (Å²) in [6, 6.07) is 7.95. The molecule has 0 heterocycles. The topological polar surface area (TPSA) is 86.6 Å². The molecule has 0 bridgehead atoms. The van der Waals surface area contributed by atoms with Crippen molar-refractivity contribution >= 4 is 40.8 Å². The van der Waals surface area contributed by atoms with E-state index >= 15 is 0 Å². The molecular weight excluding hydrogens is 317 g/mol. The van der Waals surface area contributed by atoms with Crippen LogP contribution in [-0.4, -0.2) is 22.1 Å². The lowest BCUT2D eigenvalue weighted by Crippen LogP contribution is -2.15. The van der Waals surface area contributed by atoms with E-state index in [-0.39, 0.29) is 32.6 Å². The lowest BCUT2D eigenvalue weighted by molar-refractivity contribution is 0.0698. The summed E-state index contributed by atoms with van der Waals surface area (Å²) in [5.74, 6) is -1.99. The van der Waals surface area contributed by atoms with Crippen molar-refractivity contribution < 1.29 is 19.8 Å². The number of halogens is 2. The van der Waals surface area contributed by atoms with Gasteiger partial charge >= 0.3 is 5.97 Å². The van der Waals surface area contributed by atoms with E-state index in [1.807, 2.05) is 0 Å². The Morgan fingerprint density at radius 2 is 1.71 bits per heavy atom. The number of aromatic hydroxyl groups is 1. The van der Waals surface area contributed by atoms with Gasteiger partial charge in [-0.2, -0.15) is 0 Å². The van der Waals surface area contributed by atoms with Crippen molar-refractivity contribution in [3.05, 3.63) is 57.6 Å². The normalized spacial score (nSPS) is 10.2. The van der Waals surface area contributed by atoms with Gasteiger partial charge in [0.25, 0.3) is 5.91 Å². The van der Waals surface area contributed by atoms with Crippen molar-refractivity contribution in [2.24, 2.45) is 0 Å². The van der Waals surface area contributed by atoms with Crippen LogP contribution in [0.1, 0.15) is 20.7 Å². The van der Waals surface area contributed by atoms with Gasteiger partial charge in [-0.3, -0.25) is 4.79 Å². The second-order valence-corrected chi connectivity index (χ2v) is 4.96. The van der Waals surface area contributed by atoms with Crippen LogP contribution in [0.15, 0.2) is 36.4 Å². The van der Waals surface area contributed by atoms with Gasteiger partial charge in [-0.1, -0.05) is 23.2 Å². The van der Waals surface area contributed by atoms with Crippen molar-refractivity contribution in [3.8, 4) is 5.75 Å². The van der Waals surface area contributed by atoms with Crippen LogP contribution in [0.3, 0.4) is 0 Å². The number of anilines is 1. The fourth-order valence-corrected chi connectivity index (χ4v) is 2.05. The number of rotatable bonds is 3. The number of carboxylic acids is 1. The third-order valence-electron chi connectivity index (χ3n) is 2.65. The minimum atomic E-state index is -1.23. The maximum Gasteiger partial charge on any atom is 0.337 e. The maximum atomic E-state index is 12.1. The highest BCUT2D eigenvalue weighted by molar-refractivity contribution is 6.34. The van der Waals surface area contributed by atoms with E-state index in [4.69, 9.17) is 28.3 Å². The molecule has 108 valence electrons. The Bertz CT molecular complexity index is 731. The van der Waals surface area contributed by atoms with Crippen LogP contribution in [-0.2, 0) is 0 Å². The van der Waals surface area contributed by atoms with Gasteiger partial charge < -0.3 is 15.5 Å². The molecule has 7 heteroatoms. The number of hydrogen-bond acceptors (Lipinski definition) is 3. The standard InChI is InChI=1S/C14H9Cl2NO4/c15-7-1-4-12(10(5-7)14(20)21)17-13(19)9-6-8(18)2-3-11(9)16/h1-6,18H,(H,17,19)(H,20,21). The SMILES string of the molecule is O=C(Nc1ccc(Cl)cc1C(=O)O)c1cc(O)ccc1Cl. The number of amides is 1. The molecule has 0 fully saturated rings. The summed E-state index contributed by atoms with van der Waals surface area (Å²) in [4.78, 5) is 23.3. The number of carbonyl (C=O) groups is 2. The highest BCUT2D eigenvalue weighted by Gasteiger charge is 2.16. The predicted octanol–water partition coefficient (Wildman–Crippen LogP) is 3.65. The number of phenols is 1. The Hall–Kier alpha value is -2.24. The summed E-state index contributed by atoms with van der Waals surface area (Å²) < 4.78 is 0. The first-order valence-corrected chi connectivity index (χ1v) is 6.47. The van der Waals surface area contributed by atoms with E-state index in [0.717, 1.165) is 0 Å². The molecule has 0 unspecified atom stereocenters. The number of carbonyl (C=O) groups excluding carboxylic acids is 1. The quantitative estimate of drug-likeness (QED) is 0.803. The lowest BCUT2D eigenvalue weighted by atomic mass is 10.1. The molecule has 0 aliphatic heterocycles. The average Bonchev–Trinajstić information content (AvgIpc) is 2.43. The summed E-state index contributed by atoms with van der Waals surface area (Å²) in [7, 11) is 0. The van der Waals surface area contributed by atoms with Crippen LogP contribution in [0.2, 0.25) is 10.0 Å². The molecule has 5 nitrogen and oxygen atoms in total. The first-order chi connectivity index (χ1) is 9.88. The summed E-state index contributed by atoms with van der Waals surface area (Å²) >= 11 is 11.6. The molecule has 0 aliphatic carbocycles. The van der Waals surface area contributed by atoms with Gasteiger partial charge in [0, 0.05) is 5.02 Å². The Morgan fingerprint density at radius 3 is 2.38 bits per heavy atom. The van der Waals surface area contributed by atoms with Crippen LogP contribution in [0.5, 0.6) is 5.75 Å². The molecule has 0 aliphatic rings. The molecule has 0 aromatic heterocycles. The van der Waals surface area contributed by atoms with Gasteiger partial charge in [0.2, 0.25) is 0 Å². The van der Waals surface area contributed by atoms with Gasteiger partial charge in [-0.05, 0) is 36.4 Å². The average molecular weight is 326 g/mol. The summed E-state index contributed by atoms with van der Waals surface area (Å²) in [5, 5.41) is 21.3. The van der Waals surface area contributed by atoms with Crippen molar-refractivity contribution in [1.29, 1.82) is 0 Å². The third kappa shape index (κ3) is 3.45. The molecule has 2 rings (SSSR count). The van der Waals surface area contributed by atoms with Gasteiger partial charge in [0.05, 0.1) is 21.8 Å². The van der Waals surface area contributed by atoms with Gasteiger partial charge in [0.1, 0.15) is 5.75 Å². The Labute approximate surface area is 129 Å². The molecule has 2 aromatic carbocycles. The van der Waals surface area contributed by atoms with Crippen LogP contribution in [0, 0.1) is 0 Å². The molecule has 0 radical (unpaired) electrons. The molecule has 1 amide bonds. The van der Waals surface area contributed by atoms with E-state index in [0.29, 0.717) is 0 Å². The molecule has 0 saturated heterocycles. The lowest BCUT2D eigenvalue weighted by Gasteiger charge is -2.10. The van der Waals surface area contributed by atoms with Crippen LogP contribution >= 0.6 is 23.2 Å². The highest BCUT2D eigenvalue weighted by atomic mass is 35.5. The molecular formula is C14H9Cl2NO4. The fourth-order valence-electron chi connectivity index (χ4n) is 1.68. The number of carboxylic acid groups (broad SMARTS) is 1. The second-order valence-electron chi connectivity index (χ2n) is 4.11. The summed E-state index contributed by atoms with van der Waals surface area (Å²) in [6.07, 6.45) is 0. The zero-order valence-corrected chi connectivity index (χ0v) is 11.9. The first kappa shape index (κ1) is 15.2. The minimum Gasteiger partial charge on any atom is -0.508 e. The molecule has 21 heavy (non-hydrogen) atoms. The number of benzene rings is 2. The van der Waals surface area contributed by atoms with Crippen LogP contribution in [0.25, 0.3) is 0 Å². The smallest absolute Gasteiger partial charge is 0.337 e. The van der Waals surface area contributed by atoms with E-state index in [1.165, 1.54) is 36.4 Å². The number of aromatic carboxylic acids is 1. The monoisotopic (exact) mass is 325 g/mol. The number of hydrogen-bond donors (Lipinski definition) is 3. The Morgan fingerprint density at radius 1 is 1.00 bits per heavy atom. The minimum absolute atomic E-state index is 0.0305. The van der Waals surface area contributed by atoms with Crippen molar-refractivity contribution in [3.63, 3.8) is 0 Å². The molecule has 2 aromatic rings. The van der Waals surface area contributed by atoms with Gasteiger partial charge in [-0.25, -0.2) is 4.79 Å². The molecule has 0 saturated carbocycles. The zero-order chi connectivity index (χ0) is 15.6. The predicted molar refractivity (Wildman–Crippen MR) is 79.5 cm³/mol. The zero-order valence-electron chi connectivity index (χ0n) is 10.4. The van der Waals surface area contributed by atoms with Gasteiger partial charge in [-0.15, -0.1) is 0 Å². The van der Waals surface area contributed by atoms with E-state index < -0.39 is 11.9 Å². The van der Waals surface area contributed by atoms with Crippen molar-refractivity contribution in [2.45, 2.75) is 0 Å². The van der Waals surface area contributed by atoms with E-state index in [1.54, 1.807) is 0 Å². The molecule has 3 N–H and O–H groups in total. The third-order valence-corrected chi connectivity index (χ3v) is 3.22. The highest BCUT2D eigenvalue weighted by Crippen LogP contribution is 2.25. The second kappa shape index (κ2) is 6.03. The molecule has 0 spiro atoms. The summed E-state index contributed by atoms with van der Waals surface area (Å²) in [6.45, 7) is 0. The fraction of sp³-hybridized carbons (Fsp3) is 0. The van der Waals surface area contributed by atoms with Crippen molar-refractivity contribution in [2.75, 3.05) is 5.32 Å². The van der Waals surface area contributed by atoms with E-state index in [9.17, 15) is 14.7 Å². The van der Waals surface area contributed by atoms with Gasteiger partial charge in [0.15, 0.2) is 0 Å². The number of nitrogens with one attached hydrogen (secondary N) is 1. The number of phenolic OH excluding ortho intramolecular Hbond substituents is 1. The Balaban J connectivity index is 2.36. The Kier molecular flexibility index (Phi) is 4.35. The first-order valence-electron chi connectivity index (χ1n) is 5.71.